The van der Waals surface area contributed by atoms with Crippen LogP contribution >= 0.6 is 11.6 Å². The largest absolute Gasteiger partial charge is 0.324 e. The molecule has 0 saturated heterocycles. The highest BCUT2D eigenvalue weighted by Gasteiger charge is 2.14. The molecule has 2 aromatic rings. The lowest BCUT2D eigenvalue weighted by Crippen LogP contribution is -2.15. The zero-order valence-electron chi connectivity index (χ0n) is 11.2. The van der Waals surface area contributed by atoms with Crippen molar-refractivity contribution in [2.45, 2.75) is 20.3 Å². The molecular formula is C14H16ClN3O. The molecule has 1 amide bonds. The van der Waals surface area contributed by atoms with Gasteiger partial charge in [-0.15, -0.1) is 0 Å². The van der Waals surface area contributed by atoms with Gasteiger partial charge < -0.3 is 5.32 Å². The van der Waals surface area contributed by atoms with E-state index in [9.17, 15) is 4.79 Å². The lowest BCUT2D eigenvalue weighted by Gasteiger charge is -2.07. The minimum absolute atomic E-state index is 0.0905. The minimum atomic E-state index is -0.0905. The van der Waals surface area contributed by atoms with Crippen LogP contribution in [0.25, 0.3) is 0 Å². The van der Waals surface area contributed by atoms with Gasteiger partial charge in [-0.05, 0) is 26.0 Å². The standard InChI is InChI=1S/C14H16ClN3O/c1-9-11(10(2)18(3)17-9)8-14(19)16-13-7-5-4-6-12(13)15/h4-7H,8H2,1-3H3,(H,16,19). The number of aryl methyl sites for hydroxylation is 2. The molecule has 5 heteroatoms. The molecule has 0 aliphatic carbocycles. The number of carbonyl (C=O) groups excluding carboxylic acids is 1. The maximum Gasteiger partial charge on any atom is 0.228 e. The summed E-state index contributed by atoms with van der Waals surface area (Å²) in [5.41, 5.74) is 3.49. The maximum absolute atomic E-state index is 12.0. The normalized spacial score (nSPS) is 10.5. The first kappa shape index (κ1) is 13.6. The second-order valence-corrected chi connectivity index (χ2v) is 4.88. The van der Waals surface area contributed by atoms with Crippen molar-refractivity contribution < 1.29 is 4.79 Å². The molecule has 0 unspecified atom stereocenters. The number of hydrogen-bond acceptors (Lipinski definition) is 2. The van der Waals surface area contributed by atoms with Crippen LogP contribution in [-0.2, 0) is 18.3 Å². The highest BCUT2D eigenvalue weighted by Crippen LogP contribution is 2.21. The summed E-state index contributed by atoms with van der Waals surface area (Å²) in [7, 11) is 1.87. The first-order valence-electron chi connectivity index (χ1n) is 6.02. The minimum Gasteiger partial charge on any atom is -0.324 e. The molecule has 100 valence electrons. The summed E-state index contributed by atoms with van der Waals surface area (Å²) < 4.78 is 1.79. The highest BCUT2D eigenvalue weighted by atomic mass is 35.5. The van der Waals surface area contributed by atoms with E-state index in [-0.39, 0.29) is 5.91 Å². The summed E-state index contributed by atoms with van der Waals surface area (Å²) >= 11 is 6.01. The third-order valence-electron chi connectivity index (χ3n) is 3.14. The Morgan fingerprint density at radius 1 is 1.37 bits per heavy atom. The van der Waals surface area contributed by atoms with Crippen LogP contribution in [0.5, 0.6) is 0 Å². The van der Waals surface area contributed by atoms with Gasteiger partial charge in [0.2, 0.25) is 5.91 Å². The Morgan fingerprint density at radius 2 is 2.05 bits per heavy atom. The van der Waals surface area contributed by atoms with Crippen molar-refractivity contribution in [3.8, 4) is 0 Å². The Bertz CT molecular complexity index is 619. The Hall–Kier alpha value is -1.81. The van der Waals surface area contributed by atoms with Gasteiger partial charge in [0.15, 0.2) is 0 Å². The summed E-state index contributed by atoms with van der Waals surface area (Å²) in [6.45, 7) is 3.86. The number of para-hydroxylation sites is 1. The number of anilines is 1. The number of benzene rings is 1. The number of carbonyl (C=O) groups is 1. The van der Waals surface area contributed by atoms with Crippen molar-refractivity contribution in [3.05, 3.63) is 46.2 Å². The van der Waals surface area contributed by atoms with E-state index < -0.39 is 0 Å². The fraction of sp³-hybridized carbons (Fsp3) is 0.286. The number of nitrogens with zero attached hydrogens (tertiary/aromatic N) is 2. The number of amides is 1. The molecule has 19 heavy (non-hydrogen) atoms. The van der Waals surface area contributed by atoms with E-state index in [2.05, 4.69) is 10.4 Å². The van der Waals surface area contributed by atoms with Crippen molar-refractivity contribution in [2.75, 3.05) is 5.32 Å². The highest BCUT2D eigenvalue weighted by molar-refractivity contribution is 6.33. The molecule has 0 aliphatic rings. The maximum atomic E-state index is 12.0. The lowest BCUT2D eigenvalue weighted by atomic mass is 10.1. The average Bonchev–Trinajstić information content (AvgIpc) is 2.59. The van der Waals surface area contributed by atoms with E-state index in [1.54, 1.807) is 16.8 Å². The Kier molecular flexibility index (Phi) is 3.90. The van der Waals surface area contributed by atoms with E-state index in [1.807, 2.05) is 33.0 Å². The fourth-order valence-corrected chi connectivity index (χ4v) is 2.17. The van der Waals surface area contributed by atoms with Gasteiger partial charge in [-0.3, -0.25) is 9.48 Å². The van der Waals surface area contributed by atoms with E-state index >= 15 is 0 Å². The smallest absolute Gasteiger partial charge is 0.228 e. The summed E-state index contributed by atoms with van der Waals surface area (Å²) in [5.74, 6) is -0.0905. The predicted molar refractivity (Wildman–Crippen MR) is 76.5 cm³/mol. The second-order valence-electron chi connectivity index (χ2n) is 4.48. The zero-order chi connectivity index (χ0) is 14.0. The van der Waals surface area contributed by atoms with Crippen LogP contribution in [0, 0.1) is 13.8 Å². The van der Waals surface area contributed by atoms with Gasteiger partial charge in [0, 0.05) is 18.3 Å². The van der Waals surface area contributed by atoms with E-state index in [0.29, 0.717) is 17.1 Å². The van der Waals surface area contributed by atoms with Gasteiger partial charge in [0.1, 0.15) is 0 Å². The molecule has 0 radical (unpaired) electrons. The SMILES string of the molecule is Cc1nn(C)c(C)c1CC(=O)Nc1ccccc1Cl. The van der Waals surface area contributed by atoms with Gasteiger partial charge >= 0.3 is 0 Å². The lowest BCUT2D eigenvalue weighted by molar-refractivity contribution is -0.115. The van der Waals surface area contributed by atoms with Gasteiger partial charge in [-0.25, -0.2) is 0 Å². The fourth-order valence-electron chi connectivity index (χ4n) is 1.99. The molecule has 0 bridgehead atoms. The number of halogens is 1. The van der Waals surface area contributed by atoms with Crippen LogP contribution in [0.3, 0.4) is 0 Å². The molecule has 0 fully saturated rings. The summed E-state index contributed by atoms with van der Waals surface area (Å²) in [6.07, 6.45) is 0.302. The summed E-state index contributed by atoms with van der Waals surface area (Å²) in [4.78, 5) is 12.0. The molecule has 0 atom stereocenters. The Morgan fingerprint density at radius 3 is 2.63 bits per heavy atom. The summed E-state index contributed by atoms with van der Waals surface area (Å²) in [6, 6.07) is 7.19. The van der Waals surface area contributed by atoms with Crippen LogP contribution in [0.1, 0.15) is 17.0 Å². The molecule has 4 nitrogen and oxygen atoms in total. The number of hydrogen-bond donors (Lipinski definition) is 1. The molecule has 1 heterocycles. The third-order valence-corrected chi connectivity index (χ3v) is 3.47. The van der Waals surface area contributed by atoms with Crippen molar-refractivity contribution >= 4 is 23.2 Å². The molecular weight excluding hydrogens is 262 g/mol. The third kappa shape index (κ3) is 2.96. The van der Waals surface area contributed by atoms with Crippen molar-refractivity contribution in [2.24, 2.45) is 7.05 Å². The van der Waals surface area contributed by atoms with Gasteiger partial charge in [-0.2, -0.15) is 5.10 Å². The number of rotatable bonds is 3. The number of aromatic nitrogens is 2. The van der Waals surface area contributed by atoms with Crippen molar-refractivity contribution in [3.63, 3.8) is 0 Å². The second kappa shape index (κ2) is 5.45. The van der Waals surface area contributed by atoms with Crippen molar-refractivity contribution in [1.82, 2.24) is 9.78 Å². The van der Waals surface area contributed by atoms with Crippen LogP contribution in [0.2, 0.25) is 5.02 Å². The molecule has 0 aliphatic heterocycles. The molecule has 2 rings (SSSR count). The molecule has 1 N–H and O–H groups in total. The number of nitrogens with one attached hydrogen (secondary N) is 1. The van der Waals surface area contributed by atoms with Crippen LogP contribution in [0.15, 0.2) is 24.3 Å². The predicted octanol–water partition coefficient (Wildman–Crippen LogP) is 2.87. The Labute approximate surface area is 117 Å². The van der Waals surface area contributed by atoms with Gasteiger partial charge in [0.25, 0.3) is 0 Å². The first-order chi connectivity index (χ1) is 8.99. The van der Waals surface area contributed by atoms with Crippen LogP contribution < -0.4 is 5.32 Å². The van der Waals surface area contributed by atoms with Crippen LogP contribution in [-0.4, -0.2) is 15.7 Å². The first-order valence-corrected chi connectivity index (χ1v) is 6.40. The van der Waals surface area contributed by atoms with E-state index in [1.165, 1.54) is 0 Å². The zero-order valence-corrected chi connectivity index (χ0v) is 12.0. The quantitative estimate of drug-likeness (QED) is 0.938. The molecule has 1 aromatic heterocycles. The van der Waals surface area contributed by atoms with Crippen LogP contribution in [0.4, 0.5) is 5.69 Å². The molecule has 1 aromatic carbocycles. The average molecular weight is 278 g/mol. The topological polar surface area (TPSA) is 46.9 Å². The van der Waals surface area contributed by atoms with E-state index in [4.69, 9.17) is 11.6 Å². The molecule has 0 spiro atoms. The van der Waals surface area contributed by atoms with E-state index in [0.717, 1.165) is 17.0 Å². The monoisotopic (exact) mass is 277 g/mol. The van der Waals surface area contributed by atoms with Gasteiger partial charge in [0.05, 0.1) is 22.8 Å². The molecule has 0 saturated carbocycles. The Balaban J connectivity index is 2.12. The van der Waals surface area contributed by atoms with Crippen molar-refractivity contribution in [1.29, 1.82) is 0 Å². The summed E-state index contributed by atoms with van der Waals surface area (Å²) in [5, 5.41) is 7.65. The van der Waals surface area contributed by atoms with Gasteiger partial charge in [-0.1, -0.05) is 23.7 Å².